The fourth-order valence-corrected chi connectivity index (χ4v) is 4.69. The molecule has 1 amide bonds. The third-order valence-electron chi connectivity index (χ3n) is 5.31. The first-order chi connectivity index (χ1) is 16.0. The molecule has 1 heterocycles. The SMILES string of the molecule is CCS(=O)c1ccccc1C(=O)N(C)Cc1cn(-c2ccccc2)nc1-c1ccc(Cl)cc1. The zero-order valence-electron chi connectivity index (χ0n) is 18.4. The van der Waals surface area contributed by atoms with Gasteiger partial charge in [-0.3, -0.25) is 9.00 Å². The van der Waals surface area contributed by atoms with Crippen LogP contribution in [0.1, 0.15) is 22.8 Å². The number of carbonyl (C=O) groups is 1. The van der Waals surface area contributed by atoms with Crippen molar-refractivity contribution in [3.8, 4) is 16.9 Å². The summed E-state index contributed by atoms with van der Waals surface area (Å²) in [6.45, 7) is 2.19. The van der Waals surface area contributed by atoms with Gasteiger partial charge < -0.3 is 4.90 Å². The van der Waals surface area contributed by atoms with Gasteiger partial charge in [0.15, 0.2) is 0 Å². The Hall–Kier alpha value is -3.22. The number of rotatable bonds is 7. The Morgan fingerprint density at radius 1 is 1.00 bits per heavy atom. The summed E-state index contributed by atoms with van der Waals surface area (Å²) in [5.74, 6) is 0.278. The van der Waals surface area contributed by atoms with Crippen molar-refractivity contribution in [2.24, 2.45) is 0 Å². The molecule has 0 aliphatic heterocycles. The summed E-state index contributed by atoms with van der Waals surface area (Å²) >= 11 is 6.08. The number of hydrogen-bond donors (Lipinski definition) is 0. The van der Waals surface area contributed by atoms with E-state index in [4.69, 9.17) is 16.7 Å². The second-order valence-corrected chi connectivity index (χ2v) is 9.73. The molecule has 1 aromatic heterocycles. The second kappa shape index (κ2) is 10.1. The van der Waals surface area contributed by atoms with Crippen molar-refractivity contribution in [3.63, 3.8) is 0 Å². The normalized spacial score (nSPS) is 11.8. The Kier molecular flexibility index (Phi) is 7.06. The first-order valence-electron chi connectivity index (χ1n) is 10.6. The summed E-state index contributed by atoms with van der Waals surface area (Å²) in [5.41, 5.74) is 3.98. The smallest absolute Gasteiger partial charge is 0.255 e. The van der Waals surface area contributed by atoms with Crippen molar-refractivity contribution in [2.75, 3.05) is 12.8 Å². The maximum absolute atomic E-state index is 13.3. The first kappa shape index (κ1) is 23.0. The molecule has 5 nitrogen and oxygen atoms in total. The standard InChI is InChI=1S/C26H24ClN3O2S/c1-3-33(32)24-12-8-7-11-23(24)26(31)29(2)17-20-18-30(22-9-5-4-6-10-22)28-25(20)19-13-15-21(27)16-14-19/h4-16,18H,3,17H2,1-2H3. The molecule has 0 aliphatic rings. The lowest BCUT2D eigenvalue weighted by molar-refractivity contribution is 0.0781. The van der Waals surface area contributed by atoms with E-state index in [0.29, 0.717) is 27.8 Å². The lowest BCUT2D eigenvalue weighted by atomic mass is 10.1. The zero-order valence-corrected chi connectivity index (χ0v) is 20.0. The van der Waals surface area contributed by atoms with Crippen LogP contribution in [0, 0.1) is 0 Å². The van der Waals surface area contributed by atoms with Gasteiger partial charge in [-0.15, -0.1) is 0 Å². The van der Waals surface area contributed by atoms with Crippen molar-refractivity contribution in [1.29, 1.82) is 0 Å². The number of amides is 1. The molecule has 3 aromatic carbocycles. The minimum atomic E-state index is -1.22. The van der Waals surface area contributed by atoms with Gasteiger partial charge in [-0.2, -0.15) is 5.10 Å². The van der Waals surface area contributed by atoms with Gasteiger partial charge in [-0.25, -0.2) is 4.68 Å². The van der Waals surface area contributed by atoms with Gasteiger partial charge >= 0.3 is 0 Å². The summed E-state index contributed by atoms with van der Waals surface area (Å²) in [7, 11) is 0.530. The average Bonchev–Trinajstić information content (AvgIpc) is 3.27. The molecule has 0 N–H and O–H groups in total. The number of hydrogen-bond acceptors (Lipinski definition) is 3. The predicted octanol–water partition coefficient (Wildman–Crippen LogP) is 5.59. The van der Waals surface area contributed by atoms with E-state index in [1.165, 1.54) is 0 Å². The number of benzene rings is 3. The third-order valence-corrected chi connectivity index (χ3v) is 6.93. The molecule has 7 heteroatoms. The molecule has 1 atom stereocenters. The van der Waals surface area contributed by atoms with Crippen LogP contribution in [0.5, 0.6) is 0 Å². The molecular weight excluding hydrogens is 454 g/mol. The van der Waals surface area contributed by atoms with E-state index >= 15 is 0 Å². The number of halogens is 1. The molecule has 4 aromatic rings. The molecule has 0 bridgehead atoms. The highest BCUT2D eigenvalue weighted by Crippen LogP contribution is 2.27. The summed E-state index contributed by atoms with van der Waals surface area (Å²) in [6.07, 6.45) is 1.94. The van der Waals surface area contributed by atoms with E-state index in [-0.39, 0.29) is 5.91 Å². The quantitative estimate of drug-likeness (QED) is 0.348. The molecule has 0 spiro atoms. The molecule has 0 aliphatic carbocycles. The summed E-state index contributed by atoms with van der Waals surface area (Å²) in [5, 5.41) is 5.46. The van der Waals surface area contributed by atoms with Crippen molar-refractivity contribution in [1.82, 2.24) is 14.7 Å². The van der Waals surface area contributed by atoms with E-state index in [1.54, 1.807) is 30.1 Å². The molecule has 1 unspecified atom stereocenters. The van der Waals surface area contributed by atoms with E-state index in [1.807, 2.05) is 78.5 Å². The monoisotopic (exact) mass is 477 g/mol. The molecule has 0 radical (unpaired) electrons. The van der Waals surface area contributed by atoms with Crippen molar-refractivity contribution in [2.45, 2.75) is 18.4 Å². The van der Waals surface area contributed by atoms with Crippen LogP contribution in [0.15, 0.2) is 90.0 Å². The average molecular weight is 478 g/mol. The van der Waals surface area contributed by atoms with Crippen LogP contribution < -0.4 is 0 Å². The highest BCUT2D eigenvalue weighted by atomic mass is 35.5. The Labute approximate surface area is 201 Å². The molecule has 0 saturated heterocycles. The highest BCUT2D eigenvalue weighted by molar-refractivity contribution is 7.85. The number of aromatic nitrogens is 2. The first-order valence-corrected chi connectivity index (χ1v) is 12.3. The van der Waals surface area contributed by atoms with Crippen molar-refractivity contribution < 1.29 is 9.00 Å². The van der Waals surface area contributed by atoms with Crippen LogP contribution in [-0.4, -0.2) is 37.6 Å². The lowest BCUT2D eigenvalue weighted by Gasteiger charge is -2.19. The largest absolute Gasteiger partial charge is 0.337 e. The molecule has 168 valence electrons. The van der Waals surface area contributed by atoms with Crippen LogP contribution in [0.3, 0.4) is 0 Å². The van der Waals surface area contributed by atoms with Crippen molar-refractivity contribution in [3.05, 3.63) is 101 Å². The molecular formula is C26H24ClN3O2S. The van der Waals surface area contributed by atoms with Gasteiger partial charge in [0.2, 0.25) is 0 Å². The maximum Gasteiger partial charge on any atom is 0.255 e. The minimum Gasteiger partial charge on any atom is -0.337 e. The summed E-state index contributed by atoms with van der Waals surface area (Å²) < 4.78 is 14.3. The number of carbonyl (C=O) groups excluding carboxylic acids is 1. The van der Waals surface area contributed by atoms with Crippen LogP contribution in [0.25, 0.3) is 16.9 Å². The van der Waals surface area contributed by atoms with Gasteiger partial charge in [0.05, 0.1) is 32.6 Å². The highest BCUT2D eigenvalue weighted by Gasteiger charge is 2.21. The summed E-state index contributed by atoms with van der Waals surface area (Å²) in [6, 6.07) is 24.4. The van der Waals surface area contributed by atoms with E-state index in [2.05, 4.69) is 0 Å². The van der Waals surface area contributed by atoms with E-state index < -0.39 is 10.8 Å². The van der Waals surface area contributed by atoms with Gasteiger partial charge in [0, 0.05) is 41.7 Å². The van der Waals surface area contributed by atoms with Crippen LogP contribution in [-0.2, 0) is 17.3 Å². The van der Waals surface area contributed by atoms with Gasteiger partial charge in [-0.05, 0) is 36.4 Å². The van der Waals surface area contributed by atoms with Gasteiger partial charge in [0.1, 0.15) is 0 Å². The molecule has 0 saturated carbocycles. The topological polar surface area (TPSA) is 55.2 Å². The van der Waals surface area contributed by atoms with E-state index in [9.17, 15) is 9.00 Å². The van der Waals surface area contributed by atoms with Crippen LogP contribution in [0.2, 0.25) is 5.02 Å². The number of nitrogens with zero attached hydrogens (tertiary/aromatic N) is 3. The molecule has 33 heavy (non-hydrogen) atoms. The zero-order chi connectivity index (χ0) is 23.4. The fourth-order valence-electron chi connectivity index (χ4n) is 3.62. The lowest BCUT2D eigenvalue weighted by Crippen LogP contribution is -2.27. The number of para-hydroxylation sites is 1. The Balaban J connectivity index is 1.70. The molecule has 4 rings (SSSR count). The van der Waals surface area contributed by atoms with Gasteiger partial charge in [0.25, 0.3) is 5.91 Å². The summed E-state index contributed by atoms with van der Waals surface area (Å²) in [4.78, 5) is 15.5. The third kappa shape index (κ3) is 5.07. The second-order valence-electron chi connectivity index (χ2n) is 7.58. The predicted molar refractivity (Wildman–Crippen MR) is 133 cm³/mol. The van der Waals surface area contributed by atoms with Crippen molar-refractivity contribution >= 4 is 28.3 Å². The van der Waals surface area contributed by atoms with Gasteiger partial charge in [-0.1, -0.05) is 61.0 Å². The minimum absolute atomic E-state index is 0.179. The maximum atomic E-state index is 13.3. The van der Waals surface area contributed by atoms with Crippen LogP contribution >= 0.6 is 11.6 Å². The van der Waals surface area contributed by atoms with Crippen LogP contribution in [0.4, 0.5) is 0 Å². The molecule has 0 fully saturated rings. The Morgan fingerprint density at radius 2 is 1.67 bits per heavy atom. The Bertz CT molecular complexity index is 1290. The van der Waals surface area contributed by atoms with E-state index in [0.717, 1.165) is 22.5 Å². The Morgan fingerprint density at radius 3 is 2.36 bits per heavy atom. The fraction of sp³-hybridized carbons (Fsp3) is 0.154.